The van der Waals surface area contributed by atoms with E-state index in [-0.39, 0.29) is 17.4 Å². The second-order valence-electron chi connectivity index (χ2n) is 1.58. The molecule has 0 atom stereocenters. The number of aliphatic hydroxyl groups excluding tert-OH is 1. The maximum absolute atomic E-state index is 8.14. The number of rotatable bonds is 1. The second-order valence-corrected chi connectivity index (χ2v) is 1.58. The van der Waals surface area contributed by atoms with Gasteiger partial charge in [0.15, 0.2) is 0 Å². The molecule has 0 heterocycles. The van der Waals surface area contributed by atoms with E-state index in [2.05, 4.69) is 0 Å². The van der Waals surface area contributed by atoms with E-state index in [0.29, 0.717) is 12.5 Å². The molecule has 0 aromatic heterocycles. The molecule has 0 aliphatic carbocycles. The molecule has 0 unspecified atom stereocenters. The first-order valence-electron chi connectivity index (χ1n) is 1.88. The zero-order valence-corrected chi connectivity index (χ0v) is 5.41. The summed E-state index contributed by atoms with van der Waals surface area (Å²) in [5, 5.41) is 8.14. The Morgan fingerprint density at radius 3 is 1.67 bits per heavy atom. The summed E-state index contributed by atoms with van der Waals surface area (Å²) >= 11 is 0. The van der Waals surface area contributed by atoms with Crippen LogP contribution in [0.1, 0.15) is 13.8 Å². The van der Waals surface area contributed by atoms with Crippen molar-refractivity contribution in [1.29, 1.82) is 0 Å². The van der Waals surface area contributed by atoms with Gasteiger partial charge in [-0.15, -0.1) is 0 Å². The molecule has 0 rings (SSSR count). The minimum absolute atomic E-state index is 0. The summed E-state index contributed by atoms with van der Waals surface area (Å²) in [7, 11) is 0. The molecule has 0 amide bonds. The Hall–Kier alpha value is 0.492. The molecule has 0 spiro atoms. The smallest absolute Gasteiger partial charge is 0.0453 e. The van der Waals surface area contributed by atoms with Crippen molar-refractivity contribution in [3.63, 3.8) is 0 Å². The first-order chi connectivity index (χ1) is 2.27. The van der Waals surface area contributed by atoms with Crippen LogP contribution in [0.15, 0.2) is 0 Å². The van der Waals surface area contributed by atoms with E-state index in [1.807, 2.05) is 13.8 Å². The molecule has 0 fully saturated rings. The quantitative estimate of drug-likeness (QED) is 0.546. The summed E-state index contributed by atoms with van der Waals surface area (Å²) in [6, 6.07) is 0. The van der Waals surface area contributed by atoms with Crippen LogP contribution in [0.4, 0.5) is 0 Å². The first-order valence-corrected chi connectivity index (χ1v) is 1.88. The molecular formula is C4H10CrO. The summed E-state index contributed by atoms with van der Waals surface area (Å²) in [5.74, 6) is 0.440. The monoisotopic (exact) mass is 126 g/mol. The Morgan fingerprint density at radius 2 is 1.67 bits per heavy atom. The third-order valence-electron chi connectivity index (χ3n) is 0.365. The van der Waals surface area contributed by atoms with E-state index in [0.717, 1.165) is 0 Å². The first kappa shape index (κ1) is 9.70. The summed E-state index contributed by atoms with van der Waals surface area (Å²) in [5.41, 5.74) is 0. The average molecular weight is 126 g/mol. The summed E-state index contributed by atoms with van der Waals surface area (Å²) < 4.78 is 0. The Balaban J connectivity index is 0. The van der Waals surface area contributed by atoms with Crippen LogP contribution in [0, 0.1) is 5.92 Å². The van der Waals surface area contributed by atoms with E-state index < -0.39 is 0 Å². The molecule has 0 bridgehead atoms. The third-order valence-corrected chi connectivity index (χ3v) is 0.365. The van der Waals surface area contributed by atoms with Gasteiger partial charge >= 0.3 is 0 Å². The summed E-state index contributed by atoms with van der Waals surface area (Å²) in [4.78, 5) is 0. The molecule has 1 N–H and O–H groups in total. The largest absolute Gasteiger partial charge is 0.396 e. The van der Waals surface area contributed by atoms with Gasteiger partial charge in [0.25, 0.3) is 0 Å². The fraction of sp³-hybridized carbons (Fsp3) is 1.00. The predicted molar refractivity (Wildman–Crippen MR) is 21.9 cm³/mol. The van der Waals surface area contributed by atoms with E-state index in [9.17, 15) is 0 Å². The van der Waals surface area contributed by atoms with Crippen molar-refractivity contribution < 1.29 is 22.5 Å². The Kier molecular flexibility index (Phi) is 8.88. The molecule has 0 aliphatic heterocycles. The van der Waals surface area contributed by atoms with Crippen molar-refractivity contribution >= 4 is 0 Å². The van der Waals surface area contributed by atoms with Crippen LogP contribution < -0.4 is 0 Å². The van der Waals surface area contributed by atoms with Gasteiger partial charge in [-0.05, 0) is 5.92 Å². The Morgan fingerprint density at radius 1 is 1.50 bits per heavy atom. The van der Waals surface area contributed by atoms with Crippen LogP contribution in [0.5, 0.6) is 0 Å². The normalized spacial score (nSPS) is 8.00. The standard InChI is InChI=1S/C4H10O.Cr/c1-4(2)3-5;/h4-5H,3H2,1-2H3;. The number of aliphatic hydroxyl groups is 1. The van der Waals surface area contributed by atoms with E-state index in [4.69, 9.17) is 5.11 Å². The molecule has 0 saturated heterocycles. The predicted octanol–water partition coefficient (Wildman–Crippen LogP) is 0.632. The Labute approximate surface area is 49.5 Å². The molecular weight excluding hydrogens is 116 g/mol. The van der Waals surface area contributed by atoms with Gasteiger partial charge in [0, 0.05) is 24.0 Å². The minimum Gasteiger partial charge on any atom is -0.396 e. The van der Waals surface area contributed by atoms with Crippen molar-refractivity contribution in [3.8, 4) is 0 Å². The maximum atomic E-state index is 8.14. The molecule has 0 aromatic carbocycles. The van der Waals surface area contributed by atoms with E-state index >= 15 is 0 Å². The van der Waals surface area contributed by atoms with Gasteiger partial charge < -0.3 is 5.11 Å². The minimum atomic E-state index is 0. The SMILES string of the molecule is CC(C)CO.[Cr]. The molecule has 38 valence electrons. The van der Waals surface area contributed by atoms with Crippen LogP contribution in [0.2, 0.25) is 0 Å². The molecule has 2 heteroatoms. The topological polar surface area (TPSA) is 20.2 Å². The molecule has 1 nitrogen and oxygen atoms in total. The van der Waals surface area contributed by atoms with Crippen LogP contribution in [-0.4, -0.2) is 11.7 Å². The Bertz CT molecular complexity index is 21.5. The van der Waals surface area contributed by atoms with Crippen molar-refractivity contribution in [2.75, 3.05) is 6.61 Å². The van der Waals surface area contributed by atoms with Gasteiger partial charge in [0.2, 0.25) is 0 Å². The van der Waals surface area contributed by atoms with Crippen LogP contribution in [-0.2, 0) is 17.4 Å². The number of hydrogen-bond acceptors (Lipinski definition) is 1. The van der Waals surface area contributed by atoms with Crippen LogP contribution in [0.25, 0.3) is 0 Å². The second kappa shape index (κ2) is 5.49. The molecule has 6 heavy (non-hydrogen) atoms. The van der Waals surface area contributed by atoms with Crippen molar-refractivity contribution in [3.05, 3.63) is 0 Å². The van der Waals surface area contributed by atoms with Crippen molar-refractivity contribution in [2.24, 2.45) is 5.92 Å². The van der Waals surface area contributed by atoms with Crippen LogP contribution >= 0.6 is 0 Å². The third kappa shape index (κ3) is 8.82. The average Bonchev–Trinajstić information content (AvgIpc) is 1.38. The summed E-state index contributed by atoms with van der Waals surface area (Å²) in [6.07, 6.45) is 0. The fourth-order valence-corrected chi connectivity index (χ4v) is 0. The van der Waals surface area contributed by atoms with Gasteiger partial charge in [-0.1, -0.05) is 13.8 Å². The van der Waals surface area contributed by atoms with Gasteiger partial charge in [-0.2, -0.15) is 0 Å². The van der Waals surface area contributed by atoms with Crippen LogP contribution in [0.3, 0.4) is 0 Å². The summed E-state index contributed by atoms with van der Waals surface area (Å²) in [6.45, 7) is 4.25. The van der Waals surface area contributed by atoms with Gasteiger partial charge in [-0.25, -0.2) is 0 Å². The van der Waals surface area contributed by atoms with Gasteiger partial charge in [-0.3, -0.25) is 0 Å². The van der Waals surface area contributed by atoms with E-state index in [1.54, 1.807) is 0 Å². The molecule has 0 saturated carbocycles. The zero-order valence-electron chi connectivity index (χ0n) is 4.14. The molecule has 0 aromatic rings. The number of hydrogen-bond donors (Lipinski definition) is 1. The van der Waals surface area contributed by atoms with E-state index in [1.165, 1.54) is 0 Å². The van der Waals surface area contributed by atoms with Crippen molar-refractivity contribution in [2.45, 2.75) is 13.8 Å². The zero-order chi connectivity index (χ0) is 4.28. The fourth-order valence-electron chi connectivity index (χ4n) is 0. The van der Waals surface area contributed by atoms with Crippen molar-refractivity contribution in [1.82, 2.24) is 0 Å². The van der Waals surface area contributed by atoms with Gasteiger partial charge in [0.05, 0.1) is 0 Å². The molecule has 0 radical (unpaired) electrons. The van der Waals surface area contributed by atoms with Gasteiger partial charge in [0.1, 0.15) is 0 Å². The molecule has 0 aliphatic rings. The maximum Gasteiger partial charge on any atom is 0.0453 e.